The lowest BCUT2D eigenvalue weighted by Gasteiger charge is -2.17. The molecule has 1 unspecified atom stereocenters. The molecule has 0 aliphatic carbocycles. The second-order valence-corrected chi connectivity index (χ2v) is 5.08. The molecule has 1 heterocycles. The first kappa shape index (κ1) is 13.1. The lowest BCUT2D eigenvalue weighted by Crippen LogP contribution is -2.36. The highest BCUT2D eigenvalue weighted by atomic mass is 35.5. The van der Waals surface area contributed by atoms with Gasteiger partial charge in [-0.2, -0.15) is 0 Å². The zero-order chi connectivity index (χ0) is 14.3. The molecule has 0 bridgehead atoms. The van der Waals surface area contributed by atoms with Crippen LogP contribution in [0.1, 0.15) is 12.8 Å². The number of anilines is 1. The molecular formula is C14H12ClNO4. The molecule has 104 valence electrons. The van der Waals surface area contributed by atoms with Gasteiger partial charge in [0.05, 0.1) is 17.9 Å². The quantitative estimate of drug-likeness (QED) is 0.872. The Morgan fingerprint density at radius 3 is 2.75 bits per heavy atom. The average molecular weight is 294 g/mol. The number of benzene rings is 1. The van der Waals surface area contributed by atoms with E-state index in [1.54, 1.807) is 18.2 Å². The highest BCUT2D eigenvalue weighted by molar-refractivity contribution is 6.30. The molecule has 3 rings (SSSR count). The first-order chi connectivity index (χ1) is 9.58. The number of nitrogens with two attached hydrogens (primary N) is 1. The topological polar surface area (TPSA) is 78.6 Å². The van der Waals surface area contributed by atoms with Crippen LogP contribution in [0.15, 0.2) is 27.8 Å². The highest BCUT2D eigenvalue weighted by Gasteiger charge is 2.25. The van der Waals surface area contributed by atoms with Gasteiger partial charge in [0.2, 0.25) is 10.9 Å². The van der Waals surface area contributed by atoms with Gasteiger partial charge in [-0.05, 0) is 24.6 Å². The van der Waals surface area contributed by atoms with Crippen LogP contribution in [0.5, 0.6) is 5.75 Å². The third kappa shape index (κ3) is 2.09. The molecule has 20 heavy (non-hydrogen) atoms. The third-order valence-corrected chi connectivity index (χ3v) is 3.54. The van der Waals surface area contributed by atoms with Gasteiger partial charge in [-0.25, -0.2) is 0 Å². The van der Waals surface area contributed by atoms with Crippen LogP contribution in [0.4, 0.5) is 5.69 Å². The summed E-state index contributed by atoms with van der Waals surface area (Å²) in [5, 5.41) is 0.471. The number of ether oxygens (including phenoxy) is 2. The maximum Gasteiger partial charge on any atom is 0.249 e. The van der Waals surface area contributed by atoms with E-state index < -0.39 is 10.9 Å². The maximum atomic E-state index is 11.6. The smallest absolute Gasteiger partial charge is 0.249 e. The van der Waals surface area contributed by atoms with Gasteiger partial charge in [0.25, 0.3) is 0 Å². The van der Waals surface area contributed by atoms with Crippen molar-refractivity contribution in [1.29, 1.82) is 0 Å². The van der Waals surface area contributed by atoms with Crippen molar-refractivity contribution in [2.75, 3.05) is 12.3 Å². The largest absolute Gasteiger partial charge is 0.464 e. The lowest BCUT2D eigenvalue weighted by atomic mass is 9.98. The van der Waals surface area contributed by atoms with Crippen LogP contribution >= 0.6 is 11.6 Å². The van der Waals surface area contributed by atoms with Crippen LogP contribution in [0, 0.1) is 0 Å². The summed E-state index contributed by atoms with van der Waals surface area (Å²) in [5.41, 5.74) is 4.98. The van der Waals surface area contributed by atoms with Gasteiger partial charge in [0.1, 0.15) is 5.75 Å². The van der Waals surface area contributed by atoms with Gasteiger partial charge in [-0.3, -0.25) is 9.59 Å². The van der Waals surface area contributed by atoms with E-state index in [0.29, 0.717) is 22.9 Å². The van der Waals surface area contributed by atoms with E-state index in [2.05, 4.69) is 0 Å². The monoisotopic (exact) mass is 293 g/mol. The molecule has 1 atom stereocenters. The van der Waals surface area contributed by atoms with Crippen molar-refractivity contribution in [1.82, 2.24) is 0 Å². The van der Waals surface area contributed by atoms with Crippen LogP contribution in [-0.4, -0.2) is 12.9 Å². The predicted octanol–water partition coefficient (Wildman–Crippen LogP) is 1.70. The first-order valence-corrected chi connectivity index (χ1v) is 6.62. The number of halogens is 1. The fourth-order valence-corrected chi connectivity index (χ4v) is 2.42. The molecule has 2 aromatic rings. The summed E-state index contributed by atoms with van der Waals surface area (Å²) in [6.07, 6.45) is 1.33. The number of hydrogen-bond donors (Lipinski definition) is 1. The van der Waals surface area contributed by atoms with Crippen molar-refractivity contribution in [2.24, 2.45) is 0 Å². The molecule has 0 saturated carbocycles. The highest BCUT2D eigenvalue weighted by Crippen LogP contribution is 2.35. The van der Waals surface area contributed by atoms with Crippen LogP contribution in [0.25, 0.3) is 11.1 Å². The molecular weight excluding hydrogens is 282 g/mol. The minimum absolute atomic E-state index is 0.0329. The van der Waals surface area contributed by atoms with Crippen molar-refractivity contribution in [3.05, 3.63) is 43.7 Å². The molecule has 1 aliphatic rings. The van der Waals surface area contributed by atoms with E-state index in [1.165, 1.54) is 0 Å². The molecule has 1 fully saturated rings. The Labute approximate surface area is 119 Å². The van der Waals surface area contributed by atoms with Crippen LogP contribution < -0.4 is 21.3 Å². The number of rotatable bonds is 3. The number of hydrogen-bond acceptors (Lipinski definition) is 5. The molecule has 1 saturated heterocycles. The fraction of sp³-hybridized carbons (Fsp3) is 0.286. The van der Waals surface area contributed by atoms with Gasteiger partial charge < -0.3 is 15.2 Å². The summed E-state index contributed by atoms with van der Waals surface area (Å²) in [6.45, 7) is 0.642. The van der Waals surface area contributed by atoms with E-state index in [4.69, 9.17) is 26.8 Å². The Bertz CT molecular complexity index is 727. The molecule has 2 aromatic carbocycles. The molecule has 6 heteroatoms. The van der Waals surface area contributed by atoms with Crippen molar-refractivity contribution < 1.29 is 9.47 Å². The zero-order valence-corrected chi connectivity index (χ0v) is 11.3. The van der Waals surface area contributed by atoms with E-state index >= 15 is 0 Å². The minimum Gasteiger partial charge on any atom is -0.464 e. The second-order valence-electron chi connectivity index (χ2n) is 4.65. The minimum atomic E-state index is -0.655. The van der Waals surface area contributed by atoms with Crippen molar-refractivity contribution in [2.45, 2.75) is 19.1 Å². The SMILES string of the molecule is Nc1c(-c2ccc(Cl)cc2OC2CCCO2)c(=O)c1=O. The molecule has 0 amide bonds. The van der Waals surface area contributed by atoms with Gasteiger partial charge in [-0.15, -0.1) is 0 Å². The van der Waals surface area contributed by atoms with Crippen molar-refractivity contribution in [3.63, 3.8) is 0 Å². The predicted molar refractivity (Wildman–Crippen MR) is 75.8 cm³/mol. The zero-order valence-electron chi connectivity index (χ0n) is 10.5. The molecule has 2 N–H and O–H groups in total. The summed E-state index contributed by atoms with van der Waals surface area (Å²) >= 11 is 5.95. The van der Waals surface area contributed by atoms with Crippen LogP contribution in [-0.2, 0) is 4.74 Å². The molecule has 5 nitrogen and oxygen atoms in total. The Hall–Kier alpha value is -1.85. The van der Waals surface area contributed by atoms with Gasteiger partial charge >= 0.3 is 0 Å². The second kappa shape index (κ2) is 4.92. The molecule has 0 spiro atoms. The summed E-state index contributed by atoms with van der Waals surface area (Å²) < 4.78 is 11.1. The maximum absolute atomic E-state index is 11.6. The standard InChI is InChI=1S/C14H12ClNO4/c15-7-3-4-8(11-12(16)14(18)13(11)17)9(6-7)20-10-2-1-5-19-10/h3-4,6,10H,1-2,5,16H2. The van der Waals surface area contributed by atoms with E-state index in [0.717, 1.165) is 12.8 Å². The van der Waals surface area contributed by atoms with Crippen molar-refractivity contribution in [3.8, 4) is 16.9 Å². The van der Waals surface area contributed by atoms with Gasteiger partial charge in [0, 0.05) is 17.0 Å². The first-order valence-electron chi connectivity index (χ1n) is 6.25. The summed E-state index contributed by atoms with van der Waals surface area (Å²) in [7, 11) is 0. The Kier molecular flexibility index (Phi) is 3.23. The van der Waals surface area contributed by atoms with E-state index in [-0.39, 0.29) is 17.5 Å². The lowest BCUT2D eigenvalue weighted by molar-refractivity contribution is -0.0386. The normalized spacial score (nSPS) is 18.6. The van der Waals surface area contributed by atoms with Crippen LogP contribution in [0.2, 0.25) is 5.02 Å². The Balaban J connectivity index is 2.02. The Morgan fingerprint density at radius 2 is 2.10 bits per heavy atom. The molecule has 1 aliphatic heterocycles. The van der Waals surface area contributed by atoms with Crippen LogP contribution in [0.3, 0.4) is 0 Å². The molecule has 0 aromatic heterocycles. The van der Waals surface area contributed by atoms with Gasteiger partial charge in [-0.1, -0.05) is 11.6 Å². The average Bonchev–Trinajstić information content (AvgIpc) is 2.94. The fourth-order valence-electron chi connectivity index (χ4n) is 2.26. The van der Waals surface area contributed by atoms with E-state index in [9.17, 15) is 9.59 Å². The van der Waals surface area contributed by atoms with Crippen molar-refractivity contribution >= 4 is 17.3 Å². The number of nitrogen functional groups attached to an aromatic ring is 1. The summed E-state index contributed by atoms with van der Waals surface area (Å²) in [4.78, 5) is 22.9. The van der Waals surface area contributed by atoms with E-state index in [1.807, 2.05) is 0 Å². The summed E-state index contributed by atoms with van der Waals surface area (Å²) in [5.74, 6) is 0.406. The summed E-state index contributed by atoms with van der Waals surface area (Å²) in [6, 6.07) is 4.84. The third-order valence-electron chi connectivity index (χ3n) is 3.31. The molecule has 0 radical (unpaired) electrons. The Morgan fingerprint density at radius 1 is 1.30 bits per heavy atom. The van der Waals surface area contributed by atoms with Gasteiger partial charge in [0.15, 0.2) is 6.29 Å².